The first-order valence-electron chi connectivity index (χ1n) is 10.6. The fourth-order valence-corrected chi connectivity index (χ4v) is 3.88. The van der Waals surface area contributed by atoms with Crippen molar-refractivity contribution in [1.29, 1.82) is 0 Å². The number of nitrogens with one attached hydrogen (secondary N) is 1. The van der Waals surface area contributed by atoms with Gasteiger partial charge in [0.1, 0.15) is 11.6 Å². The summed E-state index contributed by atoms with van der Waals surface area (Å²) in [7, 11) is 1.88. The summed E-state index contributed by atoms with van der Waals surface area (Å²) in [5.74, 6) is 1.03. The molecular formula is C23H24N8O. The number of pyridine rings is 3. The minimum absolute atomic E-state index is 0.231. The predicted octanol–water partition coefficient (Wildman–Crippen LogP) is 2.61. The van der Waals surface area contributed by atoms with Crippen molar-refractivity contribution in [3.63, 3.8) is 0 Å². The van der Waals surface area contributed by atoms with Gasteiger partial charge in [-0.15, -0.1) is 0 Å². The van der Waals surface area contributed by atoms with Crippen molar-refractivity contribution >= 4 is 28.4 Å². The molecule has 0 saturated carbocycles. The van der Waals surface area contributed by atoms with Gasteiger partial charge in [-0.05, 0) is 37.1 Å². The molecule has 9 heteroatoms. The number of hydrogen-bond donors (Lipinski definition) is 2. The van der Waals surface area contributed by atoms with Gasteiger partial charge in [-0.25, -0.2) is 9.97 Å². The maximum atomic E-state index is 12.9. The summed E-state index contributed by atoms with van der Waals surface area (Å²) >= 11 is 0. The Morgan fingerprint density at radius 1 is 1.06 bits per heavy atom. The molecule has 3 N–H and O–H groups in total. The molecule has 5 heterocycles. The van der Waals surface area contributed by atoms with Gasteiger partial charge in [0.25, 0.3) is 5.91 Å². The van der Waals surface area contributed by atoms with Crippen LogP contribution in [0.2, 0.25) is 0 Å². The van der Waals surface area contributed by atoms with Crippen LogP contribution in [0, 0.1) is 0 Å². The lowest BCUT2D eigenvalue weighted by atomic mass is 10.1. The van der Waals surface area contributed by atoms with Crippen LogP contribution in [0.3, 0.4) is 0 Å². The lowest BCUT2D eigenvalue weighted by Crippen LogP contribution is -2.40. The molecule has 0 aromatic carbocycles. The zero-order valence-electron chi connectivity index (χ0n) is 17.8. The van der Waals surface area contributed by atoms with Crippen LogP contribution in [-0.4, -0.2) is 49.8 Å². The Morgan fingerprint density at radius 2 is 1.91 bits per heavy atom. The molecule has 1 fully saturated rings. The van der Waals surface area contributed by atoms with Gasteiger partial charge in [-0.3, -0.25) is 14.5 Å². The largest absolute Gasteiger partial charge is 0.356 e. The first kappa shape index (κ1) is 20.1. The second-order valence-corrected chi connectivity index (χ2v) is 8.07. The van der Waals surface area contributed by atoms with Crippen molar-refractivity contribution in [3.8, 4) is 11.1 Å². The molecule has 1 aliphatic rings. The number of aryl methyl sites for hydroxylation is 1. The second kappa shape index (κ2) is 8.35. The van der Waals surface area contributed by atoms with E-state index < -0.39 is 0 Å². The first-order chi connectivity index (χ1) is 15.5. The Bertz CT molecular complexity index is 1280. The second-order valence-electron chi connectivity index (χ2n) is 8.07. The van der Waals surface area contributed by atoms with E-state index in [0.717, 1.165) is 53.8 Å². The van der Waals surface area contributed by atoms with Gasteiger partial charge < -0.3 is 16.0 Å². The zero-order chi connectivity index (χ0) is 22.1. The average molecular weight is 429 g/mol. The molecule has 0 unspecified atom stereocenters. The standard InChI is InChI=1S/C23H24N8O/c1-30-14-18(12-28-30)17-8-16-9-21(27-13-20(16)26-11-17)29-23(32)15-2-5-25-22(10-15)31-6-3-19(24)4-7-31/h2,5,8-14,19H,3-4,6-7,24H2,1H3,(H,27,29,32). The third-order valence-corrected chi connectivity index (χ3v) is 5.72. The average Bonchev–Trinajstić information content (AvgIpc) is 3.25. The van der Waals surface area contributed by atoms with Crippen molar-refractivity contribution in [2.75, 3.05) is 23.3 Å². The summed E-state index contributed by atoms with van der Waals surface area (Å²) in [5.41, 5.74) is 9.22. The quantitative estimate of drug-likeness (QED) is 0.513. The molecule has 1 aliphatic heterocycles. The number of piperidine rings is 1. The number of carbonyl (C=O) groups is 1. The SMILES string of the molecule is Cn1cc(-c2cnc3cnc(NC(=O)c4ccnc(N5CCC(N)CC5)c4)cc3c2)cn1. The van der Waals surface area contributed by atoms with Crippen LogP contribution >= 0.6 is 0 Å². The molecule has 9 nitrogen and oxygen atoms in total. The normalized spacial score (nSPS) is 14.6. The van der Waals surface area contributed by atoms with Crippen LogP contribution in [0.15, 0.2) is 55.2 Å². The Balaban J connectivity index is 1.36. The van der Waals surface area contributed by atoms with Gasteiger partial charge in [0.15, 0.2) is 0 Å². The fourth-order valence-electron chi connectivity index (χ4n) is 3.88. The van der Waals surface area contributed by atoms with Gasteiger partial charge in [-0.2, -0.15) is 5.10 Å². The van der Waals surface area contributed by atoms with E-state index in [1.807, 2.05) is 31.4 Å². The number of nitrogens with two attached hydrogens (primary N) is 1. The van der Waals surface area contributed by atoms with E-state index in [-0.39, 0.29) is 11.9 Å². The minimum atomic E-state index is -0.231. The molecular weight excluding hydrogens is 404 g/mol. The van der Waals surface area contributed by atoms with Crippen LogP contribution in [-0.2, 0) is 7.05 Å². The Kier molecular flexibility index (Phi) is 5.24. The molecule has 0 aliphatic carbocycles. The number of fused-ring (bicyclic) bond motifs is 1. The Morgan fingerprint density at radius 3 is 2.69 bits per heavy atom. The van der Waals surface area contributed by atoms with Crippen molar-refractivity contribution in [2.45, 2.75) is 18.9 Å². The first-order valence-corrected chi connectivity index (χ1v) is 10.6. The molecule has 162 valence electrons. The Labute approximate surface area is 185 Å². The molecule has 32 heavy (non-hydrogen) atoms. The molecule has 0 spiro atoms. The molecule has 1 amide bonds. The van der Waals surface area contributed by atoms with E-state index in [9.17, 15) is 4.79 Å². The summed E-state index contributed by atoms with van der Waals surface area (Å²) in [6.07, 6.45) is 10.7. The predicted molar refractivity (Wildman–Crippen MR) is 123 cm³/mol. The number of anilines is 2. The highest BCUT2D eigenvalue weighted by Crippen LogP contribution is 2.24. The number of amides is 1. The number of rotatable bonds is 4. The third-order valence-electron chi connectivity index (χ3n) is 5.72. The lowest BCUT2D eigenvalue weighted by molar-refractivity contribution is 0.102. The smallest absolute Gasteiger partial charge is 0.257 e. The highest BCUT2D eigenvalue weighted by molar-refractivity contribution is 6.04. The number of hydrogen-bond acceptors (Lipinski definition) is 7. The maximum Gasteiger partial charge on any atom is 0.257 e. The molecule has 0 bridgehead atoms. The van der Waals surface area contributed by atoms with Crippen molar-refractivity contribution in [1.82, 2.24) is 24.7 Å². The zero-order valence-corrected chi connectivity index (χ0v) is 17.8. The maximum absolute atomic E-state index is 12.9. The highest BCUT2D eigenvalue weighted by atomic mass is 16.1. The summed E-state index contributed by atoms with van der Waals surface area (Å²) < 4.78 is 1.75. The van der Waals surface area contributed by atoms with E-state index in [1.165, 1.54) is 0 Å². The van der Waals surface area contributed by atoms with E-state index in [1.54, 1.807) is 35.5 Å². The monoisotopic (exact) mass is 428 g/mol. The van der Waals surface area contributed by atoms with Crippen LogP contribution < -0.4 is 16.0 Å². The van der Waals surface area contributed by atoms with Crippen molar-refractivity contribution < 1.29 is 4.79 Å². The molecule has 0 radical (unpaired) electrons. The van der Waals surface area contributed by atoms with E-state index in [2.05, 4.69) is 30.3 Å². The number of aromatic nitrogens is 5. The van der Waals surface area contributed by atoms with Gasteiger partial charge in [0.2, 0.25) is 0 Å². The summed E-state index contributed by atoms with van der Waals surface area (Å²) in [5, 5.41) is 7.99. The molecule has 5 rings (SSSR count). The van der Waals surface area contributed by atoms with E-state index >= 15 is 0 Å². The lowest BCUT2D eigenvalue weighted by Gasteiger charge is -2.31. The number of carbonyl (C=O) groups excluding carboxylic acids is 1. The molecule has 4 aromatic heterocycles. The van der Waals surface area contributed by atoms with E-state index in [0.29, 0.717) is 11.4 Å². The summed E-state index contributed by atoms with van der Waals surface area (Å²) in [4.78, 5) is 28.3. The molecule has 0 atom stereocenters. The van der Waals surface area contributed by atoms with Gasteiger partial charge in [-0.1, -0.05) is 0 Å². The topological polar surface area (TPSA) is 115 Å². The fraction of sp³-hybridized carbons (Fsp3) is 0.261. The third kappa shape index (κ3) is 4.15. The summed E-state index contributed by atoms with van der Waals surface area (Å²) in [6, 6.07) is 7.61. The van der Waals surface area contributed by atoms with Crippen molar-refractivity contribution in [3.05, 3.63) is 60.8 Å². The van der Waals surface area contributed by atoms with Crippen LogP contribution in [0.5, 0.6) is 0 Å². The van der Waals surface area contributed by atoms with Crippen LogP contribution in [0.4, 0.5) is 11.6 Å². The number of nitrogens with zero attached hydrogens (tertiary/aromatic N) is 6. The van der Waals surface area contributed by atoms with Crippen LogP contribution in [0.1, 0.15) is 23.2 Å². The van der Waals surface area contributed by atoms with Gasteiger partial charge in [0, 0.05) is 66.8 Å². The van der Waals surface area contributed by atoms with Crippen molar-refractivity contribution in [2.24, 2.45) is 12.8 Å². The Hall–Kier alpha value is -3.85. The van der Waals surface area contributed by atoms with E-state index in [4.69, 9.17) is 5.73 Å². The van der Waals surface area contributed by atoms with Crippen LogP contribution in [0.25, 0.3) is 22.0 Å². The molecule has 4 aromatic rings. The van der Waals surface area contributed by atoms with Gasteiger partial charge in [0.05, 0.1) is 17.9 Å². The summed E-state index contributed by atoms with van der Waals surface area (Å²) in [6.45, 7) is 1.69. The highest BCUT2D eigenvalue weighted by Gasteiger charge is 2.18. The molecule has 1 saturated heterocycles. The van der Waals surface area contributed by atoms with Gasteiger partial charge >= 0.3 is 0 Å². The minimum Gasteiger partial charge on any atom is -0.356 e.